The van der Waals surface area contributed by atoms with Gasteiger partial charge in [-0.2, -0.15) is 5.26 Å². The fraction of sp³-hybridized carbons (Fsp3) is 0.345. The van der Waals surface area contributed by atoms with Crippen molar-refractivity contribution in [2.75, 3.05) is 24.6 Å². The number of nitriles is 1. The summed E-state index contributed by atoms with van der Waals surface area (Å²) in [6, 6.07) is 15.3. The zero-order valence-electron chi connectivity index (χ0n) is 22.0. The normalized spacial score (nSPS) is 15.5. The van der Waals surface area contributed by atoms with Crippen LogP contribution in [-0.2, 0) is 0 Å². The third kappa shape index (κ3) is 5.68. The highest BCUT2D eigenvalue weighted by atomic mass is 16.5. The molecule has 1 unspecified atom stereocenters. The number of carbonyl (C=O) groups is 1. The van der Waals surface area contributed by atoms with E-state index in [1.54, 1.807) is 36.0 Å². The fourth-order valence-corrected chi connectivity index (χ4v) is 4.76. The first-order chi connectivity index (χ1) is 18.9. The quantitative estimate of drug-likeness (QED) is 0.357. The molecule has 0 spiro atoms. The van der Waals surface area contributed by atoms with Gasteiger partial charge in [0, 0.05) is 54.8 Å². The highest BCUT2D eigenvalue weighted by Crippen LogP contribution is 2.32. The van der Waals surface area contributed by atoms with Gasteiger partial charge in [0.2, 0.25) is 0 Å². The van der Waals surface area contributed by atoms with Gasteiger partial charge in [0.1, 0.15) is 23.1 Å². The largest absolute Gasteiger partial charge is 0.476 e. The lowest BCUT2D eigenvalue weighted by atomic mass is 9.89. The molecule has 4 aromatic heterocycles. The number of nitrogens with one attached hydrogen (secondary N) is 1. The van der Waals surface area contributed by atoms with Crippen molar-refractivity contribution in [3.05, 3.63) is 72.3 Å². The van der Waals surface area contributed by atoms with Crippen molar-refractivity contribution in [3.63, 3.8) is 0 Å². The Bertz CT molecular complexity index is 1490. The number of hydrogen-bond acceptors (Lipinski definition) is 8. The Balaban J connectivity index is 1.29. The first kappa shape index (κ1) is 26.1. The SMILES string of the molecule is CC(O)CCOc1nn2cccc(-c3ccc(N4CCC(C)(NC(=O)c5ccccn5)CC4)nc3)c2c1C#N. The summed E-state index contributed by atoms with van der Waals surface area (Å²) in [5.41, 5.74) is 2.80. The molecule has 1 fully saturated rings. The van der Waals surface area contributed by atoms with Crippen molar-refractivity contribution < 1.29 is 14.6 Å². The molecule has 0 aliphatic carbocycles. The number of aromatic nitrogens is 4. The summed E-state index contributed by atoms with van der Waals surface area (Å²) in [7, 11) is 0. The number of fused-ring (bicyclic) bond motifs is 1. The van der Waals surface area contributed by atoms with E-state index in [0.717, 1.165) is 42.9 Å². The van der Waals surface area contributed by atoms with Crippen LogP contribution in [-0.4, -0.2) is 61.9 Å². The lowest BCUT2D eigenvalue weighted by molar-refractivity contribution is 0.0886. The maximum absolute atomic E-state index is 12.6. The van der Waals surface area contributed by atoms with E-state index >= 15 is 0 Å². The standard InChI is InChI=1S/C29H31N7O3/c1-20(37)10-17-39-28-23(18-30)26-22(6-5-14-36(26)34-28)21-8-9-25(32-19-21)35-15-11-29(2,12-16-35)33-27(38)24-7-3-4-13-31-24/h3-9,13-14,19-20,37H,10-12,15-17H2,1-2H3,(H,33,38). The molecule has 1 saturated heterocycles. The van der Waals surface area contributed by atoms with Crippen molar-refractivity contribution in [2.24, 2.45) is 0 Å². The van der Waals surface area contributed by atoms with Crippen LogP contribution < -0.4 is 15.0 Å². The second kappa shape index (κ2) is 11.1. The van der Waals surface area contributed by atoms with Crippen molar-refractivity contribution in [3.8, 4) is 23.1 Å². The maximum atomic E-state index is 12.6. The molecular weight excluding hydrogens is 494 g/mol. The van der Waals surface area contributed by atoms with Crippen LogP contribution >= 0.6 is 0 Å². The summed E-state index contributed by atoms with van der Waals surface area (Å²) in [6.07, 6.45) is 6.73. The van der Waals surface area contributed by atoms with Crippen LogP contribution in [0.3, 0.4) is 0 Å². The van der Waals surface area contributed by atoms with Gasteiger partial charge in [0.25, 0.3) is 11.8 Å². The second-order valence-electron chi connectivity index (χ2n) is 10.1. The predicted molar refractivity (Wildman–Crippen MR) is 146 cm³/mol. The first-order valence-electron chi connectivity index (χ1n) is 13.0. The zero-order chi connectivity index (χ0) is 27.4. The third-order valence-electron chi connectivity index (χ3n) is 7.07. The van der Waals surface area contributed by atoms with Gasteiger partial charge in [-0.15, -0.1) is 5.10 Å². The minimum Gasteiger partial charge on any atom is -0.476 e. The van der Waals surface area contributed by atoms with Crippen LogP contribution in [0.25, 0.3) is 16.6 Å². The molecule has 5 heterocycles. The van der Waals surface area contributed by atoms with E-state index in [1.807, 2.05) is 36.5 Å². The average molecular weight is 526 g/mol. The third-order valence-corrected chi connectivity index (χ3v) is 7.07. The Hall–Kier alpha value is -4.49. The highest BCUT2D eigenvalue weighted by molar-refractivity contribution is 5.92. The van der Waals surface area contributed by atoms with E-state index in [9.17, 15) is 15.2 Å². The molecular formula is C29H31N7O3. The number of amides is 1. The van der Waals surface area contributed by atoms with Gasteiger partial charge in [0.15, 0.2) is 0 Å². The van der Waals surface area contributed by atoms with Crippen LogP contribution in [0.5, 0.6) is 5.88 Å². The number of ether oxygens (including phenoxy) is 1. The number of anilines is 1. The Morgan fingerprint density at radius 3 is 2.69 bits per heavy atom. The Labute approximate surface area is 226 Å². The predicted octanol–water partition coefficient (Wildman–Crippen LogP) is 3.60. The number of nitrogens with zero attached hydrogens (tertiary/aromatic N) is 6. The lowest BCUT2D eigenvalue weighted by Gasteiger charge is -2.40. The van der Waals surface area contributed by atoms with Gasteiger partial charge in [0.05, 0.1) is 18.2 Å². The molecule has 1 aliphatic rings. The molecule has 39 heavy (non-hydrogen) atoms. The molecule has 10 heteroatoms. The smallest absolute Gasteiger partial charge is 0.270 e. The van der Waals surface area contributed by atoms with E-state index in [1.165, 1.54) is 0 Å². The summed E-state index contributed by atoms with van der Waals surface area (Å²) < 4.78 is 7.36. The van der Waals surface area contributed by atoms with Crippen LogP contribution in [0.1, 0.15) is 49.2 Å². The van der Waals surface area contributed by atoms with Crippen LogP contribution in [0.2, 0.25) is 0 Å². The number of pyridine rings is 3. The van der Waals surface area contributed by atoms with Crippen molar-refractivity contribution >= 4 is 17.2 Å². The molecule has 1 atom stereocenters. The molecule has 0 aromatic carbocycles. The van der Waals surface area contributed by atoms with Gasteiger partial charge < -0.3 is 20.1 Å². The summed E-state index contributed by atoms with van der Waals surface area (Å²) in [5, 5.41) is 27.0. The average Bonchev–Trinajstić information content (AvgIpc) is 3.31. The second-order valence-corrected chi connectivity index (χ2v) is 10.1. The molecule has 1 amide bonds. The minimum absolute atomic E-state index is 0.156. The molecule has 5 rings (SSSR count). The molecule has 2 N–H and O–H groups in total. The molecule has 200 valence electrons. The summed E-state index contributed by atoms with van der Waals surface area (Å²) in [5.74, 6) is 0.956. The highest BCUT2D eigenvalue weighted by Gasteiger charge is 2.32. The molecule has 4 aromatic rings. The number of piperidine rings is 1. The Morgan fingerprint density at radius 1 is 1.21 bits per heavy atom. The van der Waals surface area contributed by atoms with Crippen molar-refractivity contribution in [1.82, 2.24) is 24.9 Å². The summed E-state index contributed by atoms with van der Waals surface area (Å²) in [4.78, 5) is 23.7. The van der Waals surface area contributed by atoms with E-state index in [-0.39, 0.29) is 23.9 Å². The summed E-state index contributed by atoms with van der Waals surface area (Å²) >= 11 is 0. The van der Waals surface area contributed by atoms with E-state index in [4.69, 9.17) is 9.72 Å². The number of aliphatic hydroxyl groups excluding tert-OH is 1. The molecule has 0 bridgehead atoms. The monoisotopic (exact) mass is 525 g/mol. The molecule has 0 saturated carbocycles. The zero-order valence-corrected chi connectivity index (χ0v) is 22.0. The fourth-order valence-electron chi connectivity index (χ4n) is 4.76. The van der Waals surface area contributed by atoms with Gasteiger partial charge in [-0.3, -0.25) is 9.78 Å². The van der Waals surface area contributed by atoms with E-state index < -0.39 is 6.10 Å². The Kier molecular flexibility index (Phi) is 7.43. The molecule has 10 nitrogen and oxygen atoms in total. The summed E-state index contributed by atoms with van der Waals surface area (Å²) in [6.45, 7) is 5.55. The lowest BCUT2D eigenvalue weighted by Crippen LogP contribution is -2.53. The Morgan fingerprint density at radius 2 is 2.03 bits per heavy atom. The van der Waals surface area contributed by atoms with Gasteiger partial charge in [-0.25, -0.2) is 9.50 Å². The van der Waals surface area contributed by atoms with Crippen LogP contribution in [0, 0.1) is 11.3 Å². The van der Waals surface area contributed by atoms with Gasteiger partial charge >= 0.3 is 0 Å². The van der Waals surface area contributed by atoms with Crippen LogP contribution in [0.15, 0.2) is 61.1 Å². The number of carbonyl (C=O) groups excluding carboxylic acids is 1. The number of aliphatic hydroxyl groups is 1. The van der Waals surface area contributed by atoms with E-state index in [0.29, 0.717) is 23.2 Å². The topological polar surface area (TPSA) is 129 Å². The van der Waals surface area contributed by atoms with Gasteiger partial charge in [-0.1, -0.05) is 12.1 Å². The van der Waals surface area contributed by atoms with Gasteiger partial charge in [-0.05, 0) is 57.0 Å². The van der Waals surface area contributed by atoms with Crippen LogP contribution in [0.4, 0.5) is 5.82 Å². The number of rotatable bonds is 8. The van der Waals surface area contributed by atoms with Crippen molar-refractivity contribution in [2.45, 2.75) is 44.8 Å². The van der Waals surface area contributed by atoms with Crippen molar-refractivity contribution in [1.29, 1.82) is 5.26 Å². The maximum Gasteiger partial charge on any atom is 0.270 e. The number of hydrogen-bond donors (Lipinski definition) is 2. The first-order valence-corrected chi connectivity index (χ1v) is 13.0. The van der Waals surface area contributed by atoms with E-state index in [2.05, 4.69) is 33.3 Å². The molecule has 1 aliphatic heterocycles. The minimum atomic E-state index is -0.494. The molecule has 0 radical (unpaired) electrons.